The number of hydrogen-bond donors (Lipinski definition) is 3. The molecule has 2 fully saturated rings. The molecule has 1 aromatic rings. The lowest BCUT2D eigenvalue weighted by Crippen LogP contribution is -2.48. The summed E-state index contributed by atoms with van der Waals surface area (Å²) in [5, 5.41) is 12.1. The van der Waals surface area contributed by atoms with Gasteiger partial charge in [-0.2, -0.15) is 4.31 Å². The van der Waals surface area contributed by atoms with Gasteiger partial charge in [-0.05, 0) is 37.1 Å². The highest BCUT2D eigenvalue weighted by Gasteiger charge is 2.39. The summed E-state index contributed by atoms with van der Waals surface area (Å²) in [6.07, 6.45) is 0.813. The molecule has 2 aliphatic heterocycles. The molecule has 0 spiro atoms. The summed E-state index contributed by atoms with van der Waals surface area (Å²) in [7, 11) is -3.86. The third-order valence-electron chi connectivity index (χ3n) is 4.34. The first-order valence-corrected chi connectivity index (χ1v) is 9.93. The van der Waals surface area contributed by atoms with Gasteiger partial charge in [0.15, 0.2) is 0 Å². The molecule has 2 amide bonds. The number of nitrogens with two attached hydrogens (primary N) is 1. The number of hydrogen-bond acceptors (Lipinski definition) is 5. The quantitative estimate of drug-likeness (QED) is 0.653. The van der Waals surface area contributed by atoms with Crippen LogP contribution in [0, 0.1) is 5.82 Å². The number of halogens is 1. The molecule has 0 aliphatic carbocycles. The number of urea groups is 1. The predicted octanol–water partition coefficient (Wildman–Crippen LogP) is 0.0337. The Bertz CT molecular complexity index is 766. The maximum atomic E-state index is 12.8. The van der Waals surface area contributed by atoms with E-state index in [2.05, 4.69) is 5.32 Å². The second kappa shape index (κ2) is 9.11. The molecule has 0 saturated carbocycles. The number of carboxylic acid groups (broad SMARTS) is 1. The molecule has 0 bridgehead atoms. The Balaban J connectivity index is 0.000000244. The zero-order valence-corrected chi connectivity index (χ0v) is 15.5. The number of carbonyl (C=O) groups excluding carboxylic acids is 1. The molecule has 11 heteroatoms. The smallest absolute Gasteiger partial charge is 0.322 e. The Morgan fingerprint density at radius 3 is 2.22 bits per heavy atom. The van der Waals surface area contributed by atoms with Gasteiger partial charge in [-0.25, -0.2) is 17.6 Å². The first kappa shape index (κ1) is 21.1. The summed E-state index contributed by atoms with van der Waals surface area (Å²) in [5.41, 5.74) is 5.03. The molecule has 3 rings (SSSR count). The van der Waals surface area contributed by atoms with E-state index in [0.29, 0.717) is 12.8 Å². The van der Waals surface area contributed by atoms with Crippen LogP contribution in [-0.4, -0.2) is 73.5 Å². The molecular weight excluding hydrogens is 379 g/mol. The fraction of sp³-hybridized carbons (Fsp3) is 0.500. The first-order chi connectivity index (χ1) is 12.7. The van der Waals surface area contributed by atoms with Crippen LogP contribution in [0.25, 0.3) is 0 Å². The van der Waals surface area contributed by atoms with E-state index >= 15 is 0 Å². The minimum Gasteiger partial charge on any atom is -0.480 e. The molecule has 4 N–H and O–H groups in total. The summed E-state index contributed by atoms with van der Waals surface area (Å²) in [5.74, 6) is -1.69. The van der Waals surface area contributed by atoms with Gasteiger partial charge in [0.1, 0.15) is 11.9 Å². The van der Waals surface area contributed by atoms with Crippen LogP contribution >= 0.6 is 0 Å². The van der Waals surface area contributed by atoms with E-state index in [-0.39, 0.29) is 17.5 Å². The zero-order valence-electron chi connectivity index (χ0n) is 14.7. The van der Waals surface area contributed by atoms with Gasteiger partial charge in [-0.3, -0.25) is 4.79 Å². The van der Waals surface area contributed by atoms with Crippen LogP contribution in [0.1, 0.15) is 12.8 Å². The second-order valence-corrected chi connectivity index (χ2v) is 8.03. The second-order valence-electron chi connectivity index (χ2n) is 6.14. The number of sulfonamides is 1. The molecule has 9 nitrogen and oxygen atoms in total. The number of nitrogens with one attached hydrogen (secondary N) is 1. The molecule has 1 aromatic carbocycles. The topological polar surface area (TPSA) is 133 Å². The number of piperazine rings is 1. The molecule has 150 valence electrons. The van der Waals surface area contributed by atoms with Crippen LogP contribution in [0.15, 0.2) is 29.2 Å². The zero-order chi connectivity index (χ0) is 20.0. The van der Waals surface area contributed by atoms with Crippen molar-refractivity contribution < 1.29 is 27.5 Å². The molecular formula is C16H23FN4O5S. The molecule has 27 heavy (non-hydrogen) atoms. The standard InChI is InChI=1S/C11H12FNO4S.C5H11N3O/c12-8-3-5-9(6-4-8)18(16,17)13-7-1-2-10(13)11(14)15;6-5(9)8-3-1-7-2-4-8/h3-6,10H,1-2,7H2,(H,14,15);7H,1-4H2,(H2,6,9)/t10-;/m0./s1. The number of amides is 2. The van der Waals surface area contributed by atoms with Gasteiger partial charge in [0.25, 0.3) is 0 Å². The van der Waals surface area contributed by atoms with Gasteiger partial charge in [0.2, 0.25) is 10.0 Å². The van der Waals surface area contributed by atoms with E-state index in [4.69, 9.17) is 10.8 Å². The van der Waals surface area contributed by atoms with Gasteiger partial charge in [0, 0.05) is 32.7 Å². The maximum Gasteiger partial charge on any atom is 0.322 e. The van der Waals surface area contributed by atoms with Crippen LogP contribution in [0.3, 0.4) is 0 Å². The fourth-order valence-electron chi connectivity index (χ4n) is 2.90. The number of aliphatic carboxylic acids is 1. The molecule has 0 radical (unpaired) electrons. The van der Waals surface area contributed by atoms with Gasteiger partial charge < -0.3 is 21.1 Å². The predicted molar refractivity (Wildman–Crippen MR) is 95.0 cm³/mol. The van der Waals surface area contributed by atoms with Crippen LogP contribution in [0.4, 0.5) is 9.18 Å². The van der Waals surface area contributed by atoms with Crippen molar-refractivity contribution in [2.24, 2.45) is 5.73 Å². The Morgan fingerprint density at radius 2 is 1.74 bits per heavy atom. The van der Waals surface area contributed by atoms with Crippen molar-refractivity contribution in [1.29, 1.82) is 0 Å². The van der Waals surface area contributed by atoms with Crippen LogP contribution in [-0.2, 0) is 14.8 Å². The van der Waals surface area contributed by atoms with Crippen molar-refractivity contribution in [3.63, 3.8) is 0 Å². The summed E-state index contributed by atoms with van der Waals surface area (Å²) < 4.78 is 38.1. The lowest BCUT2D eigenvalue weighted by Gasteiger charge is -2.25. The van der Waals surface area contributed by atoms with Crippen molar-refractivity contribution >= 4 is 22.0 Å². The highest BCUT2D eigenvalue weighted by molar-refractivity contribution is 7.89. The largest absolute Gasteiger partial charge is 0.480 e. The van der Waals surface area contributed by atoms with Gasteiger partial charge in [-0.15, -0.1) is 0 Å². The highest BCUT2D eigenvalue weighted by Crippen LogP contribution is 2.26. The van der Waals surface area contributed by atoms with Crippen molar-refractivity contribution in [1.82, 2.24) is 14.5 Å². The van der Waals surface area contributed by atoms with Crippen molar-refractivity contribution in [2.45, 2.75) is 23.8 Å². The maximum absolute atomic E-state index is 12.8. The Hall–Kier alpha value is -2.24. The molecule has 0 aromatic heterocycles. The van der Waals surface area contributed by atoms with Gasteiger partial charge >= 0.3 is 12.0 Å². The number of nitrogens with zero attached hydrogens (tertiary/aromatic N) is 2. The number of benzene rings is 1. The van der Waals surface area contributed by atoms with E-state index in [1.807, 2.05) is 0 Å². The number of primary amides is 1. The lowest BCUT2D eigenvalue weighted by molar-refractivity contribution is -0.140. The number of carboxylic acids is 1. The Labute approximate surface area is 157 Å². The third-order valence-corrected chi connectivity index (χ3v) is 6.26. The number of rotatable bonds is 3. The summed E-state index contributed by atoms with van der Waals surface area (Å²) in [6, 6.07) is 3.03. The van der Waals surface area contributed by atoms with Crippen molar-refractivity contribution in [3.8, 4) is 0 Å². The van der Waals surface area contributed by atoms with E-state index in [9.17, 15) is 22.4 Å². The van der Waals surface area contributed by atoms with Gasteiger partial charge in [0.05, 0.1) is 4.90 Å². The van der Waals surface area contributed by atoms with E-state index in [1.165, 1.54) is 0 Å². The Morgan fingerprint density at radius 1 is 1.15 bits per heavy atom. The third kappa shape index (κ3) is 5.37. The molecule has 2 heterocycles. The van der Waals surface area contributed by atoms with Crippen LogP contribution in [0.2, 0.25) is 0 Å². The molecule has 2 saturated heterocycles. The van der Waals surface area contributed by atoms with Gasteiger partial charge in [-0.1, -0.05) is 0 Å². The van der Waals surface area contributed by atoms with E-state index < -0.39 is 27.9 Å². The minimum atomic E-state index is -3.86. The average Bonchev–Trinajstić information content (AvgIpc) is 3.14. The summed E-state index contributed by atoms with van der Waals surface area (Å²) in [6.45, 7) is 3.40. The van der Waals surface area contributed by atoms with E-state index in [0.717, 1.165) is 54.7 Å². The monoisotopic (exact) mass is 402 g/mol. The summed E-state index contributed by atoms with van der Waals surface area (Å²) >= 11 is 0. The highest BCUT2D eigenvalue weighted by atomic mass is 32.2. The van der Waals surface area contributed by atoms with Crippen molar-refractivity contribution in [3.05, 3.63) is 30.1 Å². The fourth-order valence-corrected chi connectivity index (χ4v) is 4.55. The van der Waals surface area contributed by atoms with Crippen LogP contribution < -0.4 is 11.1 Å². The molecule has 0 unspecified atom stereocenters. The number of carbonyl (C=O) groups is 2. The summed E-state index contributed by atoms with van der Waals surface area (Å²) in [4.78, 5) is 23.0. The molecule has 1 atom stereocenters. The average molecular weight is 402 g/mol. The lowest BCUT2D eigenvalue weighted by atomic mass is 10.2. The SMILES string of the molecule is NC(=O)N1CCNCC1.O=C(O)[C@@H]1CCCN1S(=O)(=O)c1ccc(F)cc1. The normalized spacial score (nSPS) is 20.6. The first-order valence-electron chi connectivity index (χ1n) is 8.49. The van der Waals surface area contributed by atoms with E-state index in [1.54, 1.807) is 4.90 Å². The van der Waals surface area contributed by atoms with Crippen LogP contribution in [0.5, 0.6) is 0 Å². The minimum absolute atomic E-state index is 0.0861. The Kier molecular flexibility index (Phi) is 7.11. The van der Waals surface area contributed by atoms with Crippen molar-refractivity contribution in [2.75, 3.05) is 32.7 Å². The molecule has 2 aliphatic rings.